The third-order valence-electron chi connectivity index (χ3n) is 3.53. The number of benzene rings is 2. The minimum Gasteiger partial charge on any atom is -0.491 e. The van der Waals surface area contributed by atoms with Crippen molar-refractivity contribution in [2.75, 3.05) is 19.0 Å². The second-order valence-corrected chi connectivity index (χ2v) is 6.05. The molecule has 0 aromatic heterocycles. The first-order valence-corrected chi connectivity index (χ1v) is 8.34. The zero-order valence-electron chi connectivity index (χ0n) is 14.5. The molecular formula is C19H22N2O3S. The van der Waals surface area contributed by atoms with E-state index in [0.29, 0.717) is 17.3 Å². The molecule has 2 aromatic carbocycles. The van der Waals surface area contributed by atoms with E-state index in [-0.39, 0.29) is 12.0 Å². The molecule has 0 bridgehead atoms. The number of hydrogen-bond acceptors (Lipinski definition) is 4. The van der Waals surface area contributed by atoms with Crippen LogP contribution in [0.3, 0.4) is 0 Å². The van der Waals surface area contributed by atoms with E-state index in [9.17, 15) is 4.79 Å². The third kappa shape index (κ3) is 5.76. The van der Waals surface area contributed by atoms with Crippen molar-refractivity contribution in [1.29, 1.82) is 0 Å². The average Bonchev–Trinajstić information content (AvgIpc) is 2.62. The summed E-state index contributed by atoms with van der Waals surface area (Å²) < 4.78 is 10.4. The Morgan fingerprint density at radius 2 is 1.92 bits per heavy atom. The van der Waals surface area contributed by atoms with Crippen LogP contribution < -0.4 is 15.4 Å². The number of para-hydroxylation sites is 1. The van der Waals surface area contributed by atoms with Gasteiger partial charge in [0.25, 0.3) is 0 Å². The number of thiocarbonyl (C=S) groups is 1. The number of aryl methyl sites for hydroxylation is 1. The highest BCUT2D eigenvalue weighted by molar-refractivity contribution is 7.80. The lowest BCUT2D eigenvalue weighted by Crippen LogP contribution is -2.39. The third-order valence-corrected chi connectivity index (χ3v) is 3.75. The molecule has 0 aliphatic rings. The van der Waals surface area contributed by atoms with Crippen LogP contribution in [0.1, 0.15) is 22.8 Å². The van der Waals surface area contributed by atoms with Crippen molar-refractivity contribution < 1.29 is 14.3 Å². The van der Waals surface area contributed by atoms with Gasteiger partial charge < -0.3 is 20.1 Å². The Labute approximate surface area is 153 Å². The van der Waals surface area contributed by atoms with Crippen LogP contribution in [-0.4, -0.2) is 30.8 Å². The van der Waals surface area contributed by atoms with E-state index in [1.807, 2.05) is 50.2 Å². The summed E-state index contributed by atoms with van der Waals surface area (Å²) in [6.07, 6.45) is 0. The van der Waals surface area contributed by atoms with Crippen molar-refractivity contribution in [3.8, 4) is 5.75 Å². The Bertz CT molecular complexity index is 735. The monoisotopic (exact) mass is 358 g/mol. The van der Waals surface area contributed by atoms with Gasteiger partial charge in [-0.3, -0.25) is 0 Å². The van der Waals surface area contributed by atoms with Crippen LogP contribution in [0.25, 0.3) is 0 Å². The number of anilines is 1. The molecule has 0 heterocycles. The van der Waals surface area contributed by atoms with Gasteiger partial charge in [-0.2, -0.15) is 0 Å². The maximum Gasteiger partial charge on any atom is 0.337 e. The summed E-state index contributed by atoms with van der Waals surface area (Å²) in [7, 11) is 1.36. The van der Waals surface area contributed by atoms with E-state index >= 15 is 0 Å². The molecule has 6 heteroatoms. The number of nitrogens with one attached hydrogen (secondary N) is 2. The molecule has 0 aliphatic heterocycles. The summed E-state index contributed by atoms with van der Waals surface area (Å²) in [4.78, 5) is 11.6. The molecule has 2 aromatic rings. The molecule has 0 amide bonds. The zero-order chi connectivity index (χ0) is 18.2. The summed E-state index contributed by atoms with van der Waals surface area (Å²) in [5.41, 5.74) is 2.21. The van der Waals surface area contributed by atoms with E-state index in [0.717, 1.165) is 17.0 Å². The van der Waals surface area contributed by atoms with Crippen molar-refractivity contribution in [2.45, 2.75) is 19.9 Å². The van der Waals surface area contributed by atoms with E-state index in [1.54, 1.807) is 12.1 Å². The lowest BCUT2D eigenvalue weighted by molar-refractivity contribution is 0.0601. The van der Waals surface area contributed by atoms with Crippen LogP contribution in [0.15, 0.2) is 48.5 Å². The normalized spacial score (nSPS) is 11.3. The number of hydrogen-bond donors (Lipinski definition) is 2. The first-order chi connectivity index (χ1) is 12.0. The number of carbonyl (C=O) groups excluding carboxylic acids is 1. The fourth-order valence-corrected chi connectivity index (χ4v) is 2.47. The van der Waals surface area contributed by atoms with E-state index in [4.69, 9.17) is 21.7 Å². The molecule has 0 saturated carbocycles. The van der Waals surface area contributed by atoms with Crippen molar-refractivity contribution in [2.24, 2.45) is 0 Å². The predicted octanol–water partition coefficient (Wildman–Crippen LogP) is 3.54. The molecule has 25 heavy (non-hydrogen) atoms. The van der Waals surface area contributed by atoms with Gasteiger partial charge in [0, 0.05) is 5.69 Å². The Morgan fingerprint density at radius 1 is 1.20 bits per heavy atom. The van der Waals surface area contributed by atoms with Gasteiger partial charge in [-0.25, -0.2) is 4.79 Å². The molecule has 132 valence electrons. The van der Waals surface area contributed by atoms with Crippen LogP contribution >= 0.6 is 12.2 Å². The minimum atomic E-state index is -0.383. The standard InChI is InChI=1S/C19H22N2O3S/c1-13-9-10-15(18(22)23-3)11-17(13)21-19(25)20-14(2)12-24-16-7-5-4-6-8-16/h4-11,14H,12H2,1-3H3,(H2,20,21,25)/t14-/m0/s1. The second-order valence-electron chi connectivity index (χ2n) is 5.64. The Hall–Kier alpha value is -2.60. The maximum absolute atomic E-state index is 11.6. The highest BCUT2D eigenvalue weighted by Crippen LogP contribution is 2.17. The van der Waals surface area contributed by atoms with Gasteiger partial charge in [0.15, 0.2) is 5.11 Å². The van der Waals surface area contributed by atoms with Crippen molar-refractivity contribution in [3.63, 3.8) is 0 Å². The highest BCUT2D eigenvalue weighted by atomic mass is 32.1. The van der Waals surface area contributed by atoms with Crippen LogP contribution in [-0.2, 0) is 4.74 Å². The zero-order valence-corrected chi connectivity index (χ0v) is 15.4. The van der Waals surface area contributed by atoms with Gasteiger partial charge in [-0.15, -0.1) is 0 Å². The van der Waals surface area contributed by atoms with Crippen LogP contribution in [0.2, 0.25) is 0 Å². The Balaban J connectivity index is 1.90. The summed E-state index contributed by atoms with van der Waals surface area (Å²) in [5.74, 6) is 0.434. The van der Waals surface area contributed by atoms with Crippen LogP contribution in [0, 0.1) is 6.92 Å². The first-order valence-electron chi connectivity index (χ1n) is 7.94. The quantitative estimate of drug-likeness (QED) is 0.608. The van der Waals surface area contributed by atoms with Crippen LogP contribution in [0.5, 0.6) is 5.75 Å². The second kappa shape index (κ2) is 9.03. The summed E-state index contributed by atoms with van der Waals surface area (Å²) in [5, 5.41) is 6.75. The number of ether oxygens (including phenoxy) is 2. The highest BCUT2D eigenvalue weighted by Gasteiger charge is 2.10. The summed E-state index contributed by atoms with van der Waals surface area (Å²) >= 11 is 5.35. The number of rotatable bonds is 6. The predicted molar refractivity (Wildman–Crippen MR) is 103 cm³/mol. The van der Waals surface area contributed by atoms with E-state index in [1.165, 1.54) is 7.11 Å². The summed E-state index contributed by atoms with van der Waals surface area (Å²) in [6.45, 7) is 4.40. The lowest BCUT2D eigenvalue weighted by Gasteiger charge is -2.18. The first kappa shape index (κ1) is 18.7. The Kier molecular flexibility index (Phi) is 6.77. The van der Waals surface area contributed by atoms with Crippen molar-refractivity contribution in [1.82, 2.24) is 5.32 Å². The lowest BCUT2D eigenvalue weighted by atomic mass is 10.1. The minimum absolute atomic E-state index is 0.0179. The van der Waals surface area contributed by atoms with Gasteiger partial charge in [-0.05, 0) is 55.9 Å². The molecule has 0 saturated heterocycles. The van der Waals surface area contributed by atoms with Gasteiger partial charge in [0.1, 0.15) is 12.4 Å². The van der Waals surface area contributed by atoms with Crippen LogP contribution in [0.4, 0.5) is 5.69 Å². The molecule has 0 unspecified atom stereocenters. The molecule has 0 fully saturated rings. The smallest absolute Gasteiger partial charge is 0.337 e. The van der Waals surface area contributed by atoms with Crippen molar-refractivity contribution >= 4 is 29.0 Å². The van der Waals surface area contributed by atoms with E-state index in [2.05, 4.69) is 10.6 Å². The molecule has 0 spiro atoms. The van der Waals surface area contributed by atoms with Gasteiger partial charge in [0.05, 0.1) is 18.7 Å². The largest absolute Gasteiger partial charge is 0.491 e. The molecule has 1 atom stereocenters. The molecule has 5 nitrogen and oxygen atoms in total. The topological polar surface area (TPSA) is 59.6 Å². The molecule has 0 aliphatic carbocycles. The SMILES string of the molecule is COC(=O)c1ccc(C)c(NC(=S)N[C@@H](C)COc2ccccc2)c1. The average molecular weight is 358 g/mol. The van der Waals surface area contributed by atoms with Crippen molar-refractivity contribution in [3.05, 3.63) is 59.7 Å². The molecule has 0 radical (unpaired) electrons. The van der Waals surface area contributed by atoms with E-state index < -0.39 is 0 Å². The van der Waals surface area contributed by atoms with Gasteiger partial charge in [-0.1, -0.05) is 24.3 Å². The number of esters is 1. The number of methoxy groups -OCH3 is 1. The van der Waals surface area contributed by atoms with Gasteiger partial charge >= 0.3 is 5.97 Å². The molecule has 2 rings (SSSR count). The Morgan fingerprint density at radius 3 is 2.60 bits per heavy atom. The fraction of sp³-hybridized carbons (Fsp3) is 0.263. The summed E-state index contributed by atoms with van der Waals surface area (Å²) in [6, 6.07) is 14.9. The molecule has 2 N–H and O–H groups in total. The van der Waals surface area contributed by atoms with Gasteiger partial charge in [0.2, 0.25) is 0 Å². The maximum atomic E-state index is 11.6. The molecular weight excluding hydrogens is 336 g/mol. The number of carbonyl (C=O) groups is 1. The fourth-order valence-electron chi connectivity index (χ4n) is 2.16.